The first kappa shape index (κ1) is 29.9. The molecule has 1 amide bonds. The molecule has 0 unspecified atom stereocenters. The molecule has 0 bridgehead atoms. The number of carbonyl (C=O) groups excluding carboxylic acids is 1. The maximum Gasteiger partial charge on any atom is 0.505 e. The highest BCUT2D eigenvalue weighted by Crippen LogP contribution is 2.25. The molecule has 0 saturated carbocycles. The lowest BCUT2D eigenvalue weighted by Gasteiger charge is -2.28. The van der Waals surface area contributed by atoms with Gasteiger partial charge in [0.2, 0.25) is 5.95 Å². The summed E-state index contributed by atoms with van der Waals surface area (Å²) in [5, 5.41) is 10.8. The van der Waals surface area contributed by atoms with Gasteiger partial charge in [-0.05, 0) is 36.8 Å². The zero-order chi connectivity index (χ0) is 28.7. The Hall–Kier alpha value is -4.64. The van der Waals surface area contributed by atoms with Gasteiger partial charge in [-0.2, -0.15) is 4.98 Å². The van der Waals surface area contributed by atoms with Crippen LogP contribution in [0.25, 0.3) is 0 Å². The van der Waals surface area contributed by atoms with E-state index in [1.165, 1.54) is 0 Å². The number of ether oxygens (including phenoxy) is 3. The Kier molecular flexibility index (Phi) is 11.7. The molecule has 2 aromatic carbocycles. The van der Waals surface area contributed by atoms with E-state index in [4.69, 9.17) is 24.4 Å². The van der Waals surface area contributed by atoms with Crippen LogP contribution < -0.4 is 15.0 Å². The maximum absolute atomic E-state index is 13.8. The molecule has 1 aromatic heterocycles. The molecule has 1 fully saturated rings. The number of hydrogen-bond donors (Lipinski definition) is 2. The minimum atomic E-state index is -1.25. The molecule has 1 saturated heterocycles. The molecule has 4 rings (SSSR count). The molecule has 2 heterocycles. The van der Waals surface area contributed by atoms with Gasteiger partial charge in [0.15, 0.2) is 0 Å². The van der Waals surface area contributed by atoms with E-state index in [1.807, 2.05) is 73.7 Å². The molecule has 2 N–H and O–H groups in total. The van der Waals surface area contributed by atoms with E-state index in [-0.39, 0.29) is 5.91 Å². The van der Waals surface area contributed by atoms with Gasteiger partial charge in [0, 0.05) is 38.1 Å². The van der Waals surface area contributed by atoms with Crippen LogP contribution in [0.1, 0.15) is 22.8 Å². The zero-order valence-electron chi connectivity index (χ0n) is 22.9. The van der Waals surface area contributed by atoms with E-state index in [9.17, 15) is 4.79 Å². The van der Waals surface area contributed by atoms with Crippen molar-refractivity contribution in [3.63, 3.8) is 0 Å². The first-order chi connectivity index (χ1) is 19.4. The number of carbonyl (C=O) groups is 2. The number of allylic oxidation sites excluding steroid dienone is 1. The second-order valence-electron chi connectivity index (χ2n) is 8.60. The summed E-state index contributed by atoms with van der Waals surface area (Å²) < 4.78 is 14.4. The first-order valence-corrected chi connectivity index (χ1v) is 12.8. The van der Waals surface area contributed by atoms with Gasteiger partial charge in [-0.3, -0.25) is 4.79 Å². The molecule has 3 aromatic rings. The van der Waals surface area contributed by atoms with Gasteiger partial charge in [0.05, 0.1) is 27.4 Å². The van der Waals surface area contributed by atoms with Crippen LogP contribution >= 0.6 is 0 Å². The van der Waals surface area contributed by atoms with Crippen LogP contribution in [0.2, 0.25) is 0 Å². The van der Waals surface area contributed by atoms with Crippen LogP contribution in [0.5, 0.6) is 5.75 Å². The van der Waals surface area contributed by atoms with Crippen molar-refractivity contribution in [3.8, 4) is 5.75 Å². The third kappa shape index (κ3) is 8.98. The number of morpholine rings is 1. The summed E-state index contributed by atoms with van der Waals surface area (Å²) in [6.45, 7) is 5.57. The number of carboxylic acid groups (broad SMARTS) is 1. The SMILES string of the molecule is C/C=C/CN(Cc1ccccc1)C(=O)c1cnc(N2CCOCC2)nc1Nc1ccc(OC)cc1.COC(=O)O. The zero-order valence-corrected chi connectivity index (χ0v) is 22.9. The van der Waals surface area contributed by atoms with E-state index in [1.54, 1.807) is 18.2 Å². The molecular weight excluding hydrogens is 514 g/mol. The summed E-state index contributed by atoms with van der Waals surface area (Å²) in [4.78, 5) is 36.1. The van der Waals surface area contributed by atoms with Crippen molar-refractivity contribution in [3.05, 3.63) is 84.1 Å². The molecule has 40 heavy (non-hydrogen) atoms. The fourth-order valence-corrected chi connectivity index (χ4v) is 3.78. The fraction of sp³-hybridized carbons (Fsp3) is 0.310. The van der Waals surface area contributed by atoms with Gasteiger partial charge in [0.25, 0.3) is 5.91 Å². The first-order valence-electron chi connectivity index (χ1n) is 12.8. The van der Waals surface area contributed by atoms with Crippen LogP contribution in [0.3, 0.4) is 0 Å². The molecule has 0 aliphatic carbocycles. The minimum Gasteiger partial charge on any atom is -0.497 e. The van der Waals surface area contributed by atoms with E-state index in [0.717, 1.165) is 24.1 Å². The third-order valence-corrected chi connectivity index (χ3v) is 5.89. The minimum absolute atomic E-state index is 0.142. The number of methoxy groups -OCH3 is 2. The number of nitrogens with one attached hydrogen (secondary N) is 1. The van der Waals surface area contributed by atoms with Crippen molar-refractivity contribution in [1.29, 1.82) is 0 Å². The number of rotatable bonds is 9. The summed E-state index contributed by atoms with van der Waals surface area (Å²) in [7, 11) is 2.73. The molecule has 0 atom stereocenters. The topological polar surface area (TPSA) is 126 Å². The standard InChI is InChI=1S/C27H31N5O3.C2H4O3/c1-3-4-14-32(20-21-8-6-5-7-9-21)26(33)24-19-28-27(31-15-17-35-18-16-31)30-25(24)29-22-10-12-23(34-2)13-11-22;1-5-2(3)4/h3-13,19H,14-18,20H2,1-2H3,(H,28,29,30);1H3,(H,3,4)/b4-3+;. The highest BCUT2D eigenvalue weighted by Gasteiger charge is 2.23. The van der Waals surface area contributed by atoms with Crippen molar-refractivity contribution in [2.24, 2.45) is 0 Å². The Labute approximate surface area is 234 Å². The Balaban J connectivity index is 0.000000810. The molecule has 1 aliphatic rings. The number of anilines is 3. The van der Waals surface area contributed by atoms with Gasteiger partial charge in [-0.15, -0.1) is 0 Å². The fourth-order valence-electron chi connectivity index (χ4n) is 3.78. The number of aromatic nitrogens is 2. The predicted molar refractivity (Wildman–Crippen MR) is 152 cm³/mol. The molecule has 0 radical (unpaired) electrons. The Morgan fingerprint density at radius 1 is 1.10 bits per heavy atom. The lowest BCUT2D eigenvalue weighted by molar-refractivity contribution is 0.0762. The summed E-state index contributed by atoms with van der Waals surface area (Å²) >= 11 is 0. The van der Waals surface area contributed by atoms with E-state index < -0.39 is 6.16 Å². The lowest BCUT2D eigenvalue weighted by atomic mass is 10.2. The Morgan fingerprint density at radius 3 is 2.38 bits per heavy atom. The van der Waals surface area contributed by atoms with Gasteiger partial charge in [0.1, 0.15) is 17.1 Å². The summed E-state index contributed by atoms with van der Waals surface area (Å²) in [6, 6.07) is 17.5. The van der Waals surface area contributed by atoms with Gasteiger partial charge in [-0.25, -0.2) is 9.78 Å². The summed E-state index contributed by atoms with van der Waals surface area (Å²) in [5.74, 6) is 1.65. The largest absolute Gasteiger partial charge is 0.505 e. The normalized spacial score (nSPS) is 12.7. The van der Waals surface area contributed by atoms with Crippen LogP contribution in [0.4, 0.5) is 22.2 Å². The van der Waals surface area contributed by atoms with Crippen LogP contribution in [-0.4, -0.2) is 79.1 Å². The molecule has 11 nitrogen and oxygen atoms in total. The van der Waals surface area contributed by atoms with Crippen LogP contribution in [0.15, 0.2) is 72.9 Å². The monoisotopic (exact) mass is 549 g/mol. The number of nitrogens with zero attached hydrogens (tertiary/aromatic N) is 4. The predicted octanol–water partition coefficient (Wildman–Crippen LogP) is 4.59. The number of hydrogen-bond acceptors (Lipinski definition) is 9. The van der Waals surface area contributed by atoms with Crippen LogP contribution in [-0.2, 0) is 16.0 Å². The highest BCUT2D eigenvalue weighted by molar-refractivity contribution is 5.99. The molecule has 11 heteroatoms. The maximum atomic E-state index is 13.8. The highest BCUT2D eigenvalue weighted by atomic mass is 16.6. The van der Waals surface area contributed by atoms with E-state index >= 15 is 0 Å². The Bertz CT molecular complexity index is 1250. The van der Waals surface area contributed by atoms with E-state index in [0.29, 0.717) is 56.7 Å². The van der Waals surface area contributed by atoms with Crippen molar-refractivity contribution in [2.45, 2.75) is 13.5 Å². The van der Waals surface area contributed by atoms with Gasteiger partial charge in [-0.1, -0.05) is 42.5 Å². The van der Waals surface area contributed by atoms with Crippen molar-refractivity contribution < 1.29 is 28.9 Å². The average Bonchev–Trinajstić information content (AvgIpc) is 3.00. The molecule has 1 aliphatic heterocycles. The summed E-state index contributed by atoms with van der Waals surface area (Å²) in [6.07, 6.45) is 4.30. The second-order valence-corrected chi connectivity index (χ2v) is 8.60. The van der Waals surface area contributed by atoms with Crippen LogP contribution in [0, 0.1) is 0 Å². The van der Waals surface area contributed by atoms with Crippen molar-refractivity contribution in [1.82, 2.24) is 14.9 Å². The molecule has 212 valence electrons. The van der Waals surface area contributed by atoms with Gasteiger partial charge >= 0.3 is 6.16 Å². The number of benzene rings is 2. The molecule has 0 spiro atoms. The van der Waals surface area contributed by atoms with Crippen molar-refractivity contribution >= 4 is 29.5 Å². The second kappa shape index (κ2) is 15.7. The summed E-state index contributed by atoms with van der Waals surface area (Å²) in [5.41, 5.74) is 2.27. The van der Waals surface area contributed by atoms with Gasteiger partial charge < -0.3 is 34.4 Å². The Morgan fingerprint density at radius 2 is 1.77 bits per heavy atom. The average molecular weight is 550 g/mol. The third-order valence-electron chi connectivity index (χ3n) is 5.89. The quantitative estimate of drug-likeness (QED) is 0.289. The lowest BCUT2D eigenvalue weighted by Crippen LogP contribution is -2.37. The smallest absolute Gasteiger partial charge is 0.497 e. The van der Waals surface area contributed by atoms with E-state index in [2.05, 4.69) is 19.9 Å². The van der Waals surface area contributed by atoms with Crippen molar-refractivity contribution in [2.75, 3.05) is 57.3 Å². The number of amides is 1. The molecular formula is C29H35N5O6.